The molecule has 1 aliphatic rings. The van der Waals surface area contributed by atoms with Crippen molar-refractivity contribution in [2.45, 2.75) is 5.33 Å². The highest BCUT2D eigenvalue weighted by molar-refractivity contribution is 9.08. The van der Waals surface area contributed by atoms with E-state index in [9.17, 15) is 0 Å². The van der Waals surface area contributed by atoms with Crippen molar-refractivity contribution in [1.82, 2.24) is 10.1 Å². The Kier molecular flexibility index (Phi) is 1.99. The van der Waals surface area contributed by atoms with E-state index in [2.05, 4.69) is 26.1 Å². The molecule has 0 saturated heterocycles. The number of ether oxygens (including phenoxy) is 2. The van der Waals surface area contributed by atoms with E-state index in [-0.39, 0.29) is 6.79 Å². The van der Waals surface area contributed by atoms with Gasteiger partial charge in [-0.2, -0.15) is 4.98 Å². The second-order valence-electron chi connectivity index (χ2n) is 2.06. The number of aromatic nitrogens is 2. The molecule has 6 heteroatoms. The van der Waals surface area contributed by atoms with Crippen molar-refractivity contribution in [2.24, 2.45) is 0 Å². The van der Waals surface area contributed by atoms with Gasteiger partial charge in [0.25, 0.3) is 0 Å². The lowest BCUT2D eigenvalue weighted by atomic mass is 10.5. The van der Waals surface area contributed by atoms with E-state index in [1.165, 1.54) is 6.26 Å². The average Bonchev–Trinajstić information content (AvgIpc) is 2.75. The van der Waals surface area contributed by atoms with Gasteiger partial charge in [0.15, 0.2) is 0 Å². The fourth-order valence-corrected chi connectivity index (χ4v) is 0.995. The van der Waals surface area contributed by atoms with E-state index in [4.69, 9.17) is 14.0 Å². The lowest BCUT2D eigenvalue weighted by molar-refractivity contribution is 0.0998. The molecule has 0 N–H and O–H groups in total. The second-order valence-corrected chi connectivity index (χ2v) is 2.62. The van der Waals surface area contributed by atoms with Crippen molar-refractivity contribution in [3.8, 4) is 0 Å². The first-order chi connectivity index (χ1) is 5.90. The summed E-state index contributed by atoms with van der Waals surface area (Å²) in [6.45, 7) is 0.216. The summed E-state index contributed by atoms with van der Waals surface area (Å²) in [6, 6.07) is 0. The molecule has 0 fully saturated rings. The maximum atomic E-state index is 5.04. The molecule has 0 aromatic carbocycles. The van der Waals surface area contributed by atoms with Crippen molar-refractivity contribution >= 4 is 21.7 Å². The van der Waals surface area contributed by atoms with Gasteiger partial charge in [-0.05, 0) is 0 Å². The number of halogens is 1. The smallest absolute Gasteiger partial charge is 0.240 e. The van der Waals surface area contributed by atoms with Crippen LogP contribution in [0.25, 0.3) is 5.76 Å². The highest BCUT2D eigenvalue weighted by Gasteiger charge is 2.15. The SMILES string of the molecule is BrCc1nc(C2=COCO2)no1. The number of alkyl halides is 1. The van der Waals surface area contributed by atoms with E-state index in [0.717, 1.165) is 0 Å². The molecule has 0 atom stereocenters. The minimum atomic E-state index is 0.216. The predicted octanol–water partition coefficient (Wildman–Crippen LogP) is 1.27. The Balaban J connectivity index is 2.22. The molecule has 1 aliphatic heterocycles. The zero-order valence-corrected chi connectivity index (χ0v) is 7.57. The highest BCUT2D eigenvalue weighted by Crippen LogP contribution is 2.17. The molecule has 0 spiro atoms. The van der Waals surface area contributed by atoms with E-state index in [1.807, 2.05) is 0 Å². The molecule has 0 saturated carbocycles. The maximum absolute atomic E-state index is 5.04. The molecule has 0 aliphatic carbocycles. The van der Waals surface area contributed by atoms with Gasteiger partial charge in [-0.1, -0.05) is 21.1 Å². The van der Waals surface area contributed by atoms with Crippen LogP contribution in [-0.2, 0) is 14.8 Å². The Morgan fingerprint density at radius 1 is 1.58 bits per heavy atom. The van der Waals surface area contributed by atoms with Gasteiger partial charge in [0, 0.05) is 0 Å². The van der Waals surface area contributed by atoms with Crippen LogP contribution in [-0.4, -0.2) is 16.9 Å². The van der Waals surface area contributed by atoms with Crippen molar-refractivity contribution in [1.29, 1.82) is 0 Å². The summed E-state index contributed by atoms with van der Waals surface area (Å²) in [4.78, 5) is 4.01. The fourth-order valence-electron chi connectivity index (χ4n) is 0.768. The minimum Gasteiger partial charge on any atom is -0.461 e. The zero-order valence-electron chi connectivity index (χ0n) is 5.99. The Bertz CT molecular complexity index is 309. The van der Waals surface area contributed by atoms with E-state index >= 15 is 0 Å². The molecule has 0 bridgehead atoms. The molecular weight excluding hydrogens is 228 g/mol. The fraction of sp³-hybridized carbons (Fsp3) is 0.333. The van der Waals surface area contributed by atoms with Crippen LogP contribution in [0.15, 0.2) is 10.8 Å². The molecule has 12 heavy (non-hydrogen) atoms. The summed E-state index contributed by atoms with van der Waals surface area (Å²) in [6.07, 6.45) is 1.46. The topological polar surface area (TPSA) is 57.4 Å². The molecule has 1 aromatic heterocycles. The van der Waals surface area contributed by atoms with Gasteiger partial charge in [0.2, 0.25) is 24.3 Å². The van der Waals surface area contributed by atoms with Gasteiger partial charge < -0.3 is 14.0 Å². The first-order valence-corrected chi connectivity index (χ1v) is 4.36. The highest BCUT2D eigenvalue weighted by atomic mass is 79.9. The largest absolute Gasteiger partial charge is 0.461 e. The van der Waals surface area contributed by atoms with Crippen molar-refractivity contribution < 1.29 is 14.0 Å². The average molecular weight is 233 g/mol. The molecule has 0 unspecified atom stereocenters. The third kappa shape index (κ3) is 1.29. The van der Waals surface area contributed by atoms with Crippen LogP contribution in [0, 0.1) is 0 Å². The molecule has 0 amide bonds. The number of hydrogen-bond donors (Lipinski definition) is 0. The predicted molar refractivity (Wildman–Crippen MR) is 41.9 cm³/mol. The van der Waals surface area contributed by atoms with E-state index < -0.39 is 0 Å². The lowest BCUT2D eigenvalue weighted by Gasteiger charge is -1.91. The number of hydrogen-bond acceptors (Lipinski definition) is 5. The van der Waals surface area contributed by atoms with Crippen molar-refractivity contribution in [3.05, 3.63) is 18.0 Å². The molecule has 2 heterocycles. The lowest BCUT2D eigenvalue weighted by Crippen LogP contribution is -1.88. The maximum Gasteiger partial charge on any atom is 0.240 e. The summed E-state index contributed by atoms with van der Waals surface area (Å²) >= 11 is 3.19. The third-order valence-electron chi connectivity index (χ3n) is 1.28. The summed E-state index contributed by atoms with van der Waals surface area (Å²) in [5.41, 5.74) is 0. The molecular formula is C6H5BrN2O3. The van der Waals surface area contributed by atoms with Crippen molar-refractivity contribution in [3.63, 3.8) is 0 Å². The van der Waals surface area contributed by atoms with Crippen LogP contribution in [0.4, 0.5) is 0 Å². The van der Waals surface area contributed by atoms with Gasteiger partial charge >= 0.3 is 0 Å². The monoisotopic (exact) mass is 232 g/mol. The Labute approximate surface area is 76.5 Å². The van der Waals surface area contributed by atoms with Crippen LogP contribution in [0.3, 0.4) is 0 Å². The van der Waals surface area contributed by atoms with E-state index in [1.54, 1.807) is 0 Å². The summed E-state index contributed by atoms with van der Waals surface area (Å²) in [5.74, 6) is 1.44. The summed E-state index contributed by atoms with van der Waals surface area (Å²) in [7, 11) is 0. The first kappa shape index (κ1) is 7.60. The summed E-state index contributed by atoms with van der Waals surface area (Å²) < 4.78 is 14.7. The van der Waals surface area contributed by atoms with Crippen LogP contribution in [0.2, 0.25) is 0 Å². The number of rotatable bonds is 2. The third-order valence-corrected chi connectivity index (χ3v) is 1.76. The molecule has 2 rings (SSSR count). The molecule has 64 valence electrons. The quantitative estimate of drug-likeness (QED) is 0.720. The Hall–Kier alpha value is -1.04. The molecule has 0 radical (unpaired) electrons. The number of nitrogens with zero attached hydrogens (tertiary/aromatic N) is 2. The van der Waals surface area contributed by atoms with Crippen molar-refractivity contribution in [2.75, 3.05) is 6.79 Å². The first-order valence-electron chi connectivity index (χ1n) is 3.23. The van der Waals surface area contributed by atoms with E-state index in [0.29, 0.717) is 22.8 Å². The van der Waals surface area contributed by atoms with Gasteiger partial charge in [-0.25, -0.2) is 0 Å². The standard InChI is InChI=1S/C6H5BrN2O3/c7-1-5-8-6(9-12-5)4-2-10-3-11-4/h2H,1,3H2. The van der Waals surface area contributed by atoms with Gasteiger partial charge in [0.1, 0.15) is 6.26 Å². The zero-order chi connectivity index (χ0) is 8.39. The van der Waals surface area contributed by atoms with Gasteiger partial charge in [0.05, 0.1) is 5.33 Å². The normalized spacial score (nSPS) is 15.2. The minimum absolute atomic E-state index is 0.216. The van der Waals surface area contributed by atoms with Crippen LogP contribution < -0.4 is 0 Å². The van der Waals surface area contributed by atoms with Crippen LogP contribution in [0.5, 0.6) is 0 Å². The Morgan fingerprint density at radius 2 is 2.50 bits per heavy atom. The second kappa shape index (κ2) is 3.14. The van der Waals surface area contributed by atoms with Crippen LogP contribution >= 0.6 is 15.9 Å². The van der Waals surface area contributed by atoms with Gasteiger partial charge in [-0.3, -0.25) is 0 Å². The molecule has 5 nitrogen and oxygen atoms in total. The summed E-state index contributed by atoms with van der Waals surface area (Å²) in [5, 5.41) is 4.22. The Morgan fingerprint density at radius 3 is 3.08 bits per heavy atom. The molecule has 1 aromatic rings. The van der Waals surface area contributed by atoms with Crippen LogP contribution in [0.1, 0.15) is 11.7 Å². The van der Waals surface area contributed by atoms with Gasteiger partial charge in [-0.15, -0.1) is 0 Å².